The fraction of sp³-hybridized carbons (Fsp3) is 0.800. The van der Waals surface area contributed by atoms with Gasteiger partial charge in [0.2, 0.25) is 0 Å². The van der Waals surface area contributed by atoms with Crippen LogP contribution in [0, 0.1) is 6.92 Å². The Morgan fingerprint density at radius 1 is 1.50 bits per heavy atom. The second-order valence-electron chi connectivity index (χ2n) is 4.51. The number of nitrogens with two attached hydrogens (primary N) is 1. The van der Waals surface area contributed by atoms with Gasteiger partial charge in [-0.15, -0.1) is 0 Å². The first-order valence-corrected chi connectivity index (χ1v) is 5.28. The summed E-state index contributed by atoms with van der Waals surface area (Å²) >= 11 is 0. The second-order valence-corrected chi connectivity index (χ2v) is 4.51. The molecule has 1 fully saturated rings. The molecule has 0 bridgehead atoms. The normalized spacial score (nSPS) is 33.2. The highest BCUT2D eigenvalue weighted by Gasteiger charge is 2.38. The molecular formula is C10H18N4. The zero-order valence-corrected chi connectivity index (χ0v) is 8.88. The molecule has 4 nitrogen and oxygen atoms in total. The molecule has 0 aromatic carbocycles. The molecule has 14 heavy (non-hydrogen) atoms. The summed E-state index contributed by atoms with van der Waals surface area (Å²) in [5.41, 5.74) is 6.14. The van der Waals surface area contributed by atoms with Crippen molar-refractivity contribution in [2.45, 2.75) is 51.0 Å². The van der Waals surface area contributed by atoms with Gasteiger partial charge in [0.15, 0.2) is 5.82 Å². The molecule has 1 aromatic heterocycles. The summed E-state index contributed by atoms with van der Waals surface area (Å²) in [6.07, 6.45) is 4.66. The van der Waals surface area contributed by atoms with Crippen molar-refractivity contribution in [3.63, 3.8) is 0 Å². The quantitative estimate of drug-likeness (QED) is 0.707. The number of hydrogen-bond acceptors (Lipinski definition) is 3. The molecule has 2 rings (SSSR count). The molecule has 1 aliphatic rings. The minimum Gasteiger partial charge on any atom is -0.327 e. The van der Waals surface area contributed by atoms with E-state index in [9.17, 15) is 0 Å². The van der Waals surface area contributed by atoms with Gasteiger partial charge in [-0.3, -0.25) is 5.10 Å². The maximum absolute atomic E-state index is 6.16. The van der Waals surface area contributed by atoms with Gasteiger partial charge in [-0.1, -0.05) is 19.8 Å². The summed E-state index contributed by atoms with van der Waals surface area (Å²) in [5.74, 6) is 1.76. The van der Waals surface area contributed by atoms with Crippen molar-refractivity contribution in [2.75, 3.05) is 0 Å². The number of aromatic nitrogens is 3. The van der Waals surface area contributed by atoms with Crippen LogP contribution in [0.15, 0.2) is 0 Å². The molecule has 2 unspecified atom stereocenters. The number of aromatic amines is 1. The van der Waals surface area contributed by atoms with Crippen LogP contribution in [0.5, 0.6) is 0 Å². The molecule has 0 aliphatic heterocycles. The van der Waals surface area contributed by atoms with Crippen molar-refractivity contribution in [3.8, 4) is 0 Å². The van der Waals surface area contributed by atoms with Gasteiger partial charge < -0.3 is 5.73 Å². The van der Waals surface area contributed by atoms with E-state index >= 15 is 0 Å². The van der Waals surface area contributed by atoms with Crippen LogP contribution >= 0.6 is 0 Å². The maximum Gasteiger partial charge on any atom is 0.158 e. The number of nitrogens with one attached hydrogen (secondary N) is 1. The lowest BCUT2D eigenvalue weighted by molar-refractivity contribution is 0.259. The van der Waals surface area contributed by atoms with E-state index in [4.69, 9.17) is 5.73 Å². The Morgan fingerprint density at radius 2 is 2.29 bits per heavy atom. The minimum absolute atomic E-state index is 0.0248. The molecule has 0 spiro atoms. The van der Waals surface area contributed by atoms with E-state index in [1.807, 2.05) is 6.92 Å². The van der Waals surface area contributed by atoms with E-state index in [-0.39, 0.29) is 11.5 Å². The number of H-pyrrole nitrogens is 1. The maximum atomic E-state index is 6.16. The molecule has 1 saturated carbocycles. The molecule has 2 atom stereocenters. The van der Waals surface area contributed by atoms with Crippen LogP contribution in [-0.4, -0.2) is 21.2 Å². The zero-order chi connectivity index (χ0) is 10.2. The monoisotopic (exact) mass is 194 g/mol. The summed E-state index contributed by atoms with van der Waals surface area (Å²) in [6, 6.07) is 0.200. The van der Waals surface area contributed by atoms with Crippen molar-refractivity contribution in [2.24, 2.45) is 5.73 Å². The Labute approximate surface area is 84.3 Å². The fourth-order valence-corrected chi connectivity index (χ4v) is 2.24. The third-order valence-corrected chi connectivity index (χ3v) is 3.39. The molecule has 1 aliphatic carbocycles. The number of hydrogen-bond donors (Lipinski definition) is 2. The van der Waals surface area contributed by atoms with Crippen LogP contribution in [0.3, 0.4) is 0 Å². The number of nitrogens with zero attached hydrogens (tertiary/aromatic N) is 2. The van der Waals surface area contributed by atoms with Crippen LogP contribution in [0.4, 0.5) is 0 Å². The summed E-state index contributed by atoms with van der Waals surface area (Å²) in [5, 5.41) is 7.14. The Hall–Kier alpha value is -0.900. The molecule has 0 radical (unpaired) electrons. The number of rotatable bonds is 1. The third kappa shape index (κ3) is 1.43. The Balaban J connectivity index is 2.29. The largest absolute Gasteiger partial charge is 0.327 e. The summed E-state index contributed by atoms with van der Waals surface area (Å²) in [7, 11) is 0. The second kappa shape index (κ2) is 3.35. The molecule has 0 saturated heterocycles. The topological polar surface area (TPSA) is 67.6 Å². The van der Waals surface area contributed by atoms with E-state index in [2.05, 4.69) is 22.1 Å². The Kier molecular flexibility index (Phi) is 2.31. The van der Waals surface area contributed by atoms with Gasteiger partial charge in [0.1, 0.15) is 5.82 Å². The van der Waals surface area contributed by atoms with Gasteiger partial charge in [0.25, 0.3) is 0 Å². The summed E-state index contributed by atoms with van der Waals surface area (Å²) in [6.45, 7) is 4.10. The van der Waals surface area contributed by atoms with Gasteiger partial charge in [-0.2, -0.15) is 5.10 Å². The standard InChI is InChI=1S/C10H18N4/c1-7-12-9(14-13-7)10(2)6-4-3-5-8(10)11/h8H,3-6,11H2,1-2H3,(H,12,13,14). The molecule has 0 amide bonds. The van der Waals surface area contributed by atoms with Gasteiger partial charge in [0.05, 0.1) is 0 Å². The lowest BCUT2D eigenvalue weighted by atomic mass is 9.71. The third-order valence-electron chi connectivity index (χ3n) is 3.39. The van der Waals surface area contributed by atoms with Crippen molar-refractivity contribution in [3.05, 3.63) is 11.6 Å². The smallest absolute Gasteiger partial charge is 0.158 e. The fourth-order valence-electron chi connectivity index (χ4n) is 2.24. The molecule has 4 heteroatoms. The summed E-state index contributed by atoms with van der Waals surface area (Å²) in [4.78, 5) is 4.41. The van der Waals surface area contributed by atoms with E-state index in [0.29, 0.717) is 0 Å². The predicted octanol–water partition coefficient (Wildman–Crippen LogP) is 1.27. The van der Waals surface area contributed by atoms with Crippen molar-refractivity contribution < 1.29 is 0 Å². The van der Waals surface area contributed by atoms with E-state index in [1.165, 1.54) is 12.8 Å². The van der Waals surface area contributed by atoms with Crippen LogP contribution in [-0.2, 0) is 5.41 Å². The van der Waals surface area contributed by atoms with Crippen molar-refractivity contribution in [1.82, 2.24) is 15.2 Å². The van der Waals surface area contributed by atoms with Crippen molar-refractivity contribution >= 4 is 0 Å². The SMILES string of the molecule is Cc1nc(C2(C)CCCCC2N)n[nH]1. The molecular weight excluding hydrogens is 176 g/mol. The lowest BCUT2D eigenvalue weighted by Gasteiger charge is -2.36. The lowest BCUT2D eigenvalue weighted by Crippen LogP contribution is -2.46. The van der Waals surface area contributed by atoms with Crippen LogP contribution in [0.1, 0.15) is 44.3 Å². The minimum atomic E-state index is -0.0248. The average Bonchev–Trinajstić information content (AvgIpc) is 2.58. The van der Waals surface area contributed by atoms with Crippen LogP contribution in [0.2, 0.25) is 0 Å². The van der Waals surface area contributed by atoms with Gasteiger partial charge in [-0.25, -0.2) is 4.98 Å². The average molecular weight is 194 g/mol. The molecule has 1 heterocycles. The van der Waals surface area contributed by atoms with Crippen molar-refractivity contribution in [1.29, 1.82) is 0 Å². The molecule has 1 aromatic rings. The highest BCUT2D eigenvalue weighted by molar-refractivity contribution is 5.12. The van der Waals surface area contributed by atoms with Crippen LogP contribution < -0.4 is 5.73 Å². The van der Waals surface area contributed by atoms with E-state index < -0.39 is 0 Å². The van der Waals surface area contributed by atoms with Crippen LogP contribution in [0.25, 0.3) is 0 Å². The van der Waals surface area contributed by atoms with E-state index in [0.717, 1.165) is 24.5 Å². The molecule has 3 N–H and O–H groups in total. The Bertz CT molecular complexity index is 320. The number of aryl methyl sites for hydroxylation is 1. The zero-order valence-electron chi connectivity index (χ0n) is 8.88. The highest BCUT2D eigenvalue weighted by atomic mass is 15.2. The predicted molar refractivity (Wildman–Crippen MR) is 54.9 cm³/mol. The van der Waals surface area contributed by atoms with Gasteiger partial charge in [0, 0.05) is 11.5 Å². The highest BCUT2D eigenvalue weighted by Crippen LogP contribution is 2.36. The van der Waals surface area contributed by atoms with Gasteiger partial charge in [-0.05, 0) is 19.8 Å². The summed E-state index contributed by atoms with van der Waals surface area (Å²) < 4.78 is 0. The first kappa shape index (κ1) is 9.65. The molecule has 78 valence electrons. The first-order chi connectivity index (χ1) is 6.63. The Morgan fingerprint density at radius 3 is 2.86 bits per heavy atom. The van der Waals surface area contributed by atoms with Gasteiger partial charge >= 0.3 is 0 Å². The van der Waals surface area contributed by atoms with E-state index in [1.54, 1.807) is 0 Å². The first-order valence-electron chi connectivity index (χ1n) is 5.28.